The molecule has 0 saturated heterocycles. The van der Waals surface area contributed by atoms with Gasteiger partial charge in [0, 0.05) is 56.0 Å². The van der Waals surface area contributed by atoms with Crippen molar-refractivity contribution < 1.29 is 4.74 Å². The molecule has 0 aliphatic carbocycles. The van der Waals surface area contributed by atoms with Crippen molar-refractivity contribution in [2.45, 2.75) is 0 Å². The standard InChI is InChI=1S/C24H30N8O/c1-30(2)12-13-31(3)22-18(25)14-20(23(29-22)33-5)28-24-26-11-10-19(27-24)17-15-32(4)21-9-7-6-8-16(17)21/h6-11,14-15H,12-13,25H2,1-5H3,(H,26,27,28). The Bertz CT molecular complexity index is 1270. The van der Waals surface area contributed by atoms with Crippen molar-refractivity contribution in [2.24, 2.45) is 7.05 Å². The van der Waals surface area contributed by atoms with Gasteiger partial charge in [-0.1, -0.05) is 18.2 Å². The first-order valence-corrected chi connectivity index (χ1v) is 10.7. The number of para-hydroxylation sites is 1. The first kappa shape index (κ1) is 22.3. The van der Waals surface area contributed by atoms with Crippen LogP contribution >= 0.6 is 0 Å². The number of methoxy groups -OCH3 is 1. The minimum absolute atomic E-state index is 0.426. The quantitative estimate of drug-likeness (QED) is 0.425. The molecule has 3 heterocycles. The lowest BCUT2D eigenvalue weighted by atomic mass is 10.1. The van der Waals surface area contributed by atoms with Gasteiger partial charge in [0.15, 0.2) is 5.82 Å². The summed E-state index contributed by atoms with van der Waals surface area (Å²) in [5.74, 6) is 1.54. The first-order chi connectivity index (χ1) is 15.9. The van der Waals surface area contributed by atoms with Crippen molar-refractivity contribution in [2.75, 3.05) is 57.3 Å². The summed E-state index contributed by atoms with van der Waals surface area (Å²) in [6.45, 7) is 1.67. The summed E-state index contributed by atoms with van der Waals surface area (Å²) in [7, 11) is 9.64. The van der Waals surface area contributed by atoms with Gasteiger partial charge in [-0.2, -0.15) is 4.98 Å². The maximum Gasteiger partial charge on any atom is 0.239 e. The molecule has 0 bridgehead atoms. The Kier molecular flexibility index (Phi) is 6.32. The zero-order valence-electron chi connectivity index (χ0n) is 19.7. The summed E-state index contributed by atoms with van der Waals surface area (Å²) < 4.78 is 7.64. The van der Waals surface area contributed by atoms with E-state index in [1.165, 1.54) is 0 Å². The molecule has 3 N–H and O–H groups in total. The molecule has 4 rings (SSSR count). The number of aromatic nitrogens is 4. The number of nitrogen functional groups attached to an aromatic ring is 1. The van der Waals surface area contributed by atoms with Crippen LogP contribution in [0.2, 0.25) is 0 Å². The van der Waals surface area contributed by atoms with Crippen LogP contribution in [0, 0.1) is 0 Å². The number of nitrogens with zero attached hydrogens (tertiary/aromatic N) is 6. The minimum Gasteiger partial charge on any atom is -0.479 e. The monoisotopic (exact) mass is 446 g/mol. The highest BCUT2D eigenvalue weighted by Crippen LogP contribution is 2.33. The number of hydrogen-bond acceptors (Lipinski definition) is 8. The van der Waals surface area contributed by atoms with Gasteiger partial charge in [-0.05, 0) is 32.3 Å². The molecule has 0 atom stereocenters. The molecule has 33 heavy (non-hydrogen) atoms. The van der Waals surface area contributed by atoms with Gasteiger partial charge in [-0.15, -0.1) is 0 Å². The van der Waals surface area contributed by atoms with Gasteiger partial charge in [-0.25, -0.2) is 9.97 Å². The van der Waals surface area contributed by atoms with Crippen LogP contribution in [0.15, 0.2) is 48.8 Å². The minimum atomic E-state index is 0.426. The number of anilines is 4. The normalized spacial score (nSPS) is 11.2. The van der Waals surface area contributed by atoms with Crippen LogP contribution < -0.4 is 20.7 Å². The second kappa shape index (κ2) is 9.33. The molecule has 0 saturated carbocycles. The van der Waals surface area contributed by atoms with Crippen LogP contribution in [0.5, 0.6) is 5.88 Å². The Morgan fingerprint density at radius 2 is 1.88 bits per heavy atom. The fourth-order valence-electron chi connectivity index (χ4n) is 3.74. The molecule has 0 aliphatic heterocycles. The average molecular weight is 447 g/mol. The van der Waals surface area contributed by atoms with Gasteiger partial charge in [0.25, 0.3) is 0 Å². The SMILES string of the molecule is COc1nc(N(C)CCN(C)C)c(N)cc1Nc1nccc(-c2cn(C)c3ccccc23)n1. The maximum atomic E-state index is 6.33. The predicted molar refractivity (Wildman–Crippen MR) is 134 cm³/mol. The largest absolute Gasteiger partial charge is 0.479 e. The molecule has 0 aliphatic rings. The second-order valence-corrected chi connectivity index (χ2v) is 8.24. The highest BCUT2D eigenvalue weighted by Gasteiger charge is 2.16. The van der Waals surface area contributed by atoms with Crippen molar-refractivity contribution in [3.63, 3.8) is 0 Å². The molecule has 3 aromatic heterocycles. The number of aryl methyl sites for hydroxylation is 1. The third kappa shape index (κ3) is 4.68. The average Bonchev–Trinajstić information content (AvgIpc) is 3.14. The second-order valence-electron chi connectivity index (χ2n) is 8.24. The van der Waals surface area contributed by atoms with E-state index in [4.69, 9.17) is 15.5 Å². The van der Waals surface area contributed by atoms with E-state index in [2.05, 4.69) is 43.1 Å². The van der Waals surface area contributed by atoms with Crippen molar-refractivity contribution in [3.8, 4) is 17.1 Å². The zero-order chi connectivity index (χ0) is 23.5. The van der Waals surface area contributed by atoms with Gasteiger partial charge in [-0.3, -0.25) is 0 Å². The van der Waals surface area contributed by atoms with Crippen molar-refractivity contribution in [1.29, 1.82) is 0 Å². The molecular weight excluding hydrogens is 416 g/mol. The van der Waals surface area contributed by atoms with Crippen LogP contribution in [0.3, 0.4) is 0 Å². The molecular formula is C24H30N8O. The number of nitrogens with two attached hydrogens (primary N) is 1. The van der Waals surface area contributed by atoms with E-state index in [1.807, 2.05) is 51.3 Å². The third-order valence-corrected chi connectivity index (χ3v) is 5.51. The molecule has 0 amide bonds. The first-order valence-electron chi connectivity index (χ1n) is 10.7. The van der Waals surface area contributed by atoms with Crippen LogP contribution in [-0.4, -0.2) is 65.8 Å². The number of likely N-dealkylation sites (N-methyl/N-ethyl adjacent to an activating group) is 2. The number of nitrogens with one attached hydrogen (secondary N) is 1. The molecule has 9 heteroatoms. The summed E-state index contributed by atoms with van der Waals surface area (Å²) in [6, 6.07) is 12.0. The predicted octanol–water partition coefficient (Wildman–Crippen LogP) is 3.36. The molecule has 0 spiro atoms. The maximum absolute atomic E-state index is 6.33. The summed E-state index contributed by atoms with van der Waals surface area (Å²) in [4.78, 5) is 17.9. The number of fused-ring (bicyclic) bond motifs is 1. The van der Waals surface area contributed by atoms with Crippen LogP contribution in [-0.2, 0) is 7.05 Å². The molecule has 0 radical (unpaired) electrons. The molecule has 172 valence electrons. The van der Waals surface area contributed by atoms with Crippen molar-refractivity contribution >= 4 is 34.0 Å². The van der Waals surface area contributed by atoms with Crippen molar-refractivity contribution in [3.05, 3.63) is 48.8 Å². The van der Waals surface area contributed by atoms with Gasteiger partial charge >= 0.3 is 0 Å². The van der Waals surface area contributed by atoms with E-state index >= 15 is 0 Å². The Morgan fingerprint density at radius 3 is 2.64 bits per heavy atom. The van der Waals surface area contributed by atoms with Crippen molar-refractivity contribution in [1.82, 2.24) is 24.4 Å². The van der Waals surface area contributed by atoms with E-state index in [0.717, 1.165) is 35.2 Å². The highest BCUT2D eigenvalue weighted by molar-refractivity contribution is 5.95. The Balaban J connectivity index is 1.63. The van der Waals surface area contributed by atoms with Crippen LogP contribution in [0.1, 0.15) is 0 Å². The Morgan fingerprint density at radius 1 is 1.09 bits per heavy atom. The van der Waals surface area contributed by atoms with E-state index in [9.17, 15) is 0 Å². The van der Waals surface area contributed by atoms with E-state index < -0.39 is 0 Å². The van der Waals surface area contributed by atoms with Crippen LogP contribution in [0.25, 0.3) is 22.2 Å². The molecule has 4 aromatic rings. The topological polar surface area (TPSA) is 97.4 Å². The van der Waals surface area contributed by atoms with Gasteiger partial charge in [0.1, 0.15) is 5.69 Å². The molecule has 0 unspecified atom stereocenters. The molecule has 9 nitrogen and oxygen atoms in total. The Hall–Kier alpha value is -3.85. The number of rotatable bonds is 8. The fourth-order valence-corrected chi connectivity index (χ4v) is 3.74. The number of hydrogen-bond donors (Lipinski definition) is 2. The van der Waals surface area contributed by atoms with Crippen LogP contribution in [0.4, 0.5) is 23.1 Å². The summed E-state index contributed by atoms with van der Waals surface area (Å²) in [5, 5.41) is 4.36. The number of ether oxygens (including phenoxy) is 1. The summed E-state index contributed by atoms with van der Waals surface area (Å²) in [5.41, 5.74) is 10.5. The van der Waals surface area contributed by atoms with E-state index in [0.29, 0.717) is 29.0 Å². The zero-order valence-corrected chi connectivity index (χ0v) is 19.7. The summed E-state index contributed by atoms with van der Waals surface area (Å²) >= 11 is 0. The lowest BCUT2D eigenvalue weighted by Crippen LogP contribution is -2.29. The molecule has 0 fully saturated rings. The smallest absolute Gasteiger partial charge is 0.239 e. The van der Waals surface area contributed by atoms with Gasteiger partial charge < -0.3 is 30.2 Å². The third-order valence-electron chi connectivity index (χ3n) is 5.51. The number of benzene rings is 1. The van der Waals surface area contributed by atoms with Gasteiger partial charge in [0.05, 0.1) is 18.5 Å². The lowest BCUT2D eigenvalue weighted by Gasteiger charge is -2.23. The summed E-state index contributed by atoms with van der Waals surface area (Å²) in [6.07, 6.45) is 3.81. The lowest BCUT2D eigenvalue weighted by molar-refractivity contribution is 0.398. The van der Waals surface area contributed by atoms with E-state index in [-0.39, 0.29) is 0 Å². The van der Waals surface area contributed by atoms with Gasteiger partial charge in [0.2, 0.25) is 11.8 Å². The number of pyridine rings is 1. The fraction of sp³-hybridized carbons (Fsp3) is 0.292. The Labute approximate surface area is 193 Å². The highest BCUT2D eigenvalue weighted by atomic mass is 16.5. The van der Waals surface area contributed by atoms with E-state index in [1.54, 1.807) is 19.4 Å². The molecule has 1 aromatic carbocycles.